The van der Waals surface area contributed by atoms with Crippen molar-refractivity contribution >= 4 is 0 Å². The highest BCUT2D eigenvalue weighted by Gasteiger charge is 2.18. The maximum absolute atomic E-state index is 14.2. The minimum Gasteiger partial charge on any atom is -0.496 e. The van der Waals surface area contributed by atoms with E-state index in [1.807, 2.05) is 31.2 Å². The molecule has 0 saturated heterocycles. The predicted octanol–water partition coefficient (Wildman–Crippen LogP) is 3.50. The molecule has 0 radical (unpaired) electrons. The summed E-state index contributed by atoms with van der Waals surface area (Å²) in [6, 6.07) is 10.5. The Balaban J connectivity index is 2.52. The average molecular weight is 259 g/mol. The molecule has 0 aromatic heterocycles. The third-order valence-electron chi connectivity index (χ3n) is 3.28. The van der Waals surface area contributed by atoms with E-state index in [0.717, 1.165) is 11.1 Å². The number of aryl methyl sites for hydroxylation is 2. The fraction of sp³-hybridized carbons (Fsp3) is 0.250. The van der Waals surface area contributed by atoms with Crippen LogP contribution in [0.15, 0.2) is 36.4 Å². The number of ether oxygens (including phenoxy) is 1. The molecular formula is C16H18FNO. The van der Waals surface area contributed by atoms with E-state index in [0.29, 0.717) is 16.9 Å². The van der Waals surface area contributed by atoms with Crippen LogP contribution in [0.2, 0.25) is 0 Å². The fourth-order valence-electron chi connectivity index (χ4n) is 2.17. The Morgan fingerprint density at radius 3 is 2.53 bits per heavy atom. The molecule has 3 heteroatoms. The maximum atomic E-state index is 14.2. The van der Waals surface area contributed by atoms with Crippen LogP contribution in [0, 0.1) is 19.7 Å². The van der Waals surface area contributed by atoms with E-state index in [1.165, 1.54) is 0 Å². The van der Waals surface area contributed by atoms with E-state index in [2.05, 4.69) is 0 Å². The number of nitrogens with two attached hydrogens (primary N) is 1. The SMILES string of the molecule is COc1ccc(C)cc1C(N)c1cccc(C)c1F. The van der Waals surface area contributed by atoms with Crippen LogP contribution in [-0.2, 0) is 0 Å². The van der Waals surface area contributed by atoms with Crippen molar-refractivity contribution in [2.75, 3.05) is 7.11 Å². The van der Waals surface area contributed by atoms with E-state index >= 15 is 0 Å². The van der Waals surface area contributed by atoms with Gasteiger partial charge in [-0.25, -0.2) is 4.39 Å². The van der Waals surface area contributed by atoms with Crippen LogP contribution < -0.4 is 10.5 Å². The molecule has 100 valence electrons. The van der Waals surface area contributed by atoms with Gasteiger partial charge in [-0.3, -0.25) is 0 Å². The summed E-state index contributed by atoms with van der Waals surface area (Å²) < 4.78 is 19.5. The van der Waals surface area contributed by atoms with Crippen LogP contribution in [0.25, 0.3) is 0 Å². The van der Waals surface area contributed by atoms with Crippen molar-refractivity contribution in [2.45, 2.75) is 19.9 Å². The highest BCUT2D eigenvalue weighted by atomic mass is 19.1. The van der Waals surface area contributed by atoms with Gasteiger partial charge in [0.1, 0.15) is 11.6 Å². The van der Waals surface area contributed by atoms with Crippen molar-refractivity contribution in [1.29, 1.82) is 0 Å². The highest BCUT2D eigenvalue weighted by Crippen LogP contribution is 2.31. The summed E-state index contributed by atoms with van der Waals surface area (Å²) >= 11 is 0. The maximum Gasteiger partial charge on any atom is 0.131 e. The number of methoxy groups -OCH3 is 1. The third-order valence-corrected chi connectivity index (χ3v) is 3.28. The first kappa shape index (κ1) is 13.6. The number of halogens is 1. The second-order valence-electron chi connectivity index (χ2n) is 4.70. The molecule has 0 aliphatic heterocycles. The van der Waals surface area contributed by atoms with Crippen LogP contribution in [0.5, 0.6) is 5.75 Å². The summed E-state index contributed by atoms with van der Waals surface area (Å²) in [5, 5.41) is 0. The summed E-state index contributed by atoms with van der Waals surface area (Å²) in [5.74, 6) is 0.428. The van der Waals surface area contributed by atoms with Gasteiger partial charge >= 0.3 is 0 Å². The number of hydrogen-bond acceptors (Lipinski definition) is 2. The van der Waals surface area contributed by atoms with Crippen LogP contribution >= 0.6 is 0 Å². The second-order valence-corrected chi connectivity index (χ2v) is 4.70. The lowest BCUT2D eigenvalue weighted by atomic mass is 9.95. The van der Waals surface area contributed by atoms with Gasteiger partial charge in [0, 0.05) is 11.1 Å². The lowest BCUT2D eigenvalue weighted by molar-refractivity contribution is 0.407. The molecule has 2 N–H and O–H groups in total. The molecule has 2 nitrogen and oxygen atoms in total. The molecule has 1 atom stereocenters. The van der Waals surface area contributed by atoms with Gasteiger partial charge < -0.3 is 10.5 Å². The van der Waals surface area contributed by atoms with Crippen molar-refractivity contribution in [1.82, 2.24) is 0 Å². The highest BCUT2D eigenvalue weighted by molar-refractivity contribution is 5.44. The molecule has 2 aromatic carbocycles. The van der Waals surface area contributed by atoms with Crippen molar-refractivity contribution in [2.24, 2.45) is 5.73 Å². The molecule has 0 bridgehead atoms. The van der Waals surface area contributed by atoms with Gasteiger partial charge in [-0.2, -0.15) is 0 Å². The largest absolute Gasteiger partial charge is 0.496 e. The molecule has 0 amide bonds. The van der Waals surface area contributed by atoms with Crippen molar-refractivity contribution < 1.29 is 9.13 Å². The number of rotatable bonds is 3. The zero-order valence-corrected chi connectivity index (χ0v) is 11.4. The first-order valence-corrected chi connectivity index (χ1v) is 6.19. The quantitative estimate of drug-likeness (QED) is 0.915. The van der Waals surface area contributed by atoms with Crippen LogP contribution in [0.1, 0.15) is 28.3 Å². The molecule has 0 aliphatic rings. The van der Waals surface area contributed by atoms with Gasteiger partial charge in [-0.1, -0.05) is 35.9 Å². The minimum absolute atomic E-state index is 0.251. The third kappa shape index (κ3) is 2.61. The summed E-state index contributed by atoms with van der Waals surface area (Å²) in [6.07, 6.45) is 0. The summed E-state index contributed by atoms with van der Waals surface area (Å²) in [6.45, 7) is 3.71. The normalized spacial score (nSPS) is 12.3. The molecule has 0 fully saturated rings. The van der Waals surface area contributed by atoms with Gasteiger partial charge in [-0.15, -0.1) is 0 Å². The Morgan fingerprint density at radius 1 is 1.11 bits per heavy atom. The lowest BCUT2D eigenvalue weighted by Gasteiger charge is -2.18. The lowest BCUT2D eigenvalue weighted by Crippen LogP contribution is -2.15. The van der Waals surface area contributed by atoms with Gasteiger partial charge in [0.2, 0.25) is 0 Å². The molecule has 1 unspecified atom stereocenters. The number of hydrogen-bond donors (Lipinski definition) is 1. The molecule has 0 heterocycles. The van der Waals surface area contributed by atoms with Crippen LogP contribution in [0.3, 0.4) is 0 Å². The van der Waals surface area contributed by atoms with E-state index in [-0.39, 0.29) is 5.82 Å². The van der Waals surface area contributed by atoms with E-state index in [9.17, 15) is 4.39 Å². The van der Waals surface area contributed by atoms with Gasteiger partial charge in [0.25, 0.3) is 0 Å². The standard InChI is InChI=1S/C16H18FNO/c1-10-7-8-14(19-3)13(9-10)16(18)12-6-4-5-11(2)15(12)17/h4-9,16H,18H2,1-3H3. The summed E-state index contributed by atoms with van der Waals surface area (Å²) in [7, 11) is 1.59. The Bertz CT molecular complexity index is 595. The fourth-order valence-corrected chi connectivity index (χ4v) is 2.17. The Morgan fingerprint density at radius 2 is 1.84 bits per heavy atom. The van der Waals surface area contributed by atoms with E-state index < -0.39 is 6.04 Å². The zero-order chi connectivity index (χ0) is 14.0. The van der Waals surface area contributed by atoms with Gasteiger partial charge in [-0.05, 0) is 25.5 Å². The smallest absolute Gasteiger partial charge is 0.131 e. The molecular weight excluding hydrogens is 241 g/mol. The molecule has 0 saturated carbocycles. The van der Waals surface area contributed by atoms with Gasteiger partial charge in [0.05, 0.1) is 13.2 Å². The molecule has 2 aromatic rings. The summed E-state index contributed by atoms with van der Waals surface area (Å²) in [5.41, 5.74) is 9.16. The Labute approximate surface area is 113 Å². The van der Waals surface area contributed by atoms with Crippen molar-refractivity contribution in [3.8, 4) is 5.75 Å². The first-order chi connectivity index (χ1) is 9.04. The second kappa shape index (κ2) is 5.41. The molecule has 0 spiro atoms. The minimum atomic E-state index is -0.533. The summed E-state index contributed by atoms with van der Waals surface area (Å²) in [4.78, 5) is 0. The van der Waals surface area contributed by atoms with Gasteiger partial charge in [0.15, 0.2) is 0 Å². The molecule has 0 aliphatic carbocycles. The molecule has 19 heavy (non-hydrogen) atoms. The zero-order valence-electron chi connectivity index (χ0n) is 11.4. The van der Waals surface area contributed by atoms with Crippen molar-refractivity contribution in [3.05, 3.63) is 64.5 Å². The monoisotopic (exact) mass is 259 g/mol. The average Bonchev–Trinajstić information content (AvgIpc) is 2.41. The first-order valence-electron chi connectivity index (χ1n) is 6.19. The van der Waals surface area contributed by atoms with Crippen molar-refractivity contribution in [3.63, 3.8) is 0 Å². The van der Waals surface area contributed by atoms with Crippen LogP contribution in [-0.4, -0.2) is 7.11 Å². The Hall–Kier alpha value is -1.87. The predicted molar refractivity (Wildman–Crippen MR) is 74.9 cm³/mol. The topological polar surface area (TPSA) is 35.2 Å². The number of benzene rings is 2. The molecule has 2 rings (SSSR count). The van der Waals surface area contributed by atoms with E-state index in [1.54, 1.807) is 26.2 Å². The van der Waals surface area contributed by atoms with E-state index in [4.69, 9.17) is 10.5 Å². The Kier molecular flexibility index (Phi) is 3.86. The van der Waals surface area contributed by atoms with Crippen LogP contribution in [0.4, 0.5) is 4.39 Å².